The Hall–Kier alpha value is 0.200. The normalized spacial score (nSPS) is 25.3. The number of hydrogen-bond donors (Lipinski definition) is 0. The molecule has 1 atom stereocenters. The van der Waals surface area contributed by atoms with Gasteiger partial charge in [0.15, 0.2) is 0 Å². The van der Waals surface area contributed by atoms with E-state index in [0.29, 0.717) is 16.3 Å². The fourth-order valence-corrected chi connectivity index (χ4v) is 2.29. The van der Waals surface area contributed by atoms with Crippen molar-refractivity contribution >= 4 is 28.5 Å². The molecule has 1 saturated heterocycles. The highest BCUT2D eigenvalue weighted by Gasteiger charge is 2.19. The minimum Gasteiger partial charge on any atom is -0.342 e. The van der Waals surface area contributed by atoms with E-state index in [1.54, 1.807) is 0 Å². The third-order valence-electron chi connectivity index (χ3n) is 2.02. The first-order valence-corrected chi connectivity index (χ1v) is 5.40. The van der Waals surface area contributed by atoms with Crippen LogP contribution >= 0.6 is 22.6 Å². The zero-order chi connectivity index (χ0) is 8.27. The summed E-state index contributed by atoms with van der Waals surface area (Å²) in [6.07, 6.45) is 3.11. The van der Waals surface area contributed by atoms with E-state index in [9.17, 15) is 4.79 Å². The lowest BCUT2D eigenvalue weighted by Gasteiger charge is -2.29. The van der Waals surface area contributed by atoms with E-state index in [2.05, 4.69) is 22.6 Å². The van der Waals surface area contributed by atoms with Gasteiger partial charge in [0.2, 0.25) is 5.91 Å². The largest absolute Gasteiger partial charge is 0.342 e. The highest BCUT2D eigenvalue weighted by molar-refractivity contribution is 14.1. The number of amides is 1. The van der Waals surface area contributed by atoms with E-state index in [1.807, 2.05) is 11.8 Å². The molecule has 0 aliphatic carbocycles. The summed E-state index contributed by atoms with van der Waals surface area (Å²) in [5, 5.41) is 0. The van der Waals surface area contributed by atoms with Gasteiger partial charge in [-0.05, 0) is 12.8 Å². The summed E-state index contributed by atoms with van der Waals surface area (Å²) < 4.78 is 0.678. The number of piperidine rings is 1. The Kier molecular flexibility index (Phi) is 3.62. The highest BCUT2D eigenvalue weighted by atomic mass is 127. The van der Waals surface area contributed by atoms with Crippen LogP contribution < -0.4 is 0 Å². The fraction of sp³-hybridized carbons (Fsp3) is 0.875. The maximum Gasteiger partial charge on any atom is 0.222 e. The van der Waals surface area contributed by atoms with Crippen molar-refractivity contribution in [1.82, 2.24) is 4.90 Å². The van der Waals surface area contributed by atoms with Gasteiger partial charge in [-0.1, -0.05) is 29.5 Å². The van der Waals surface area contributed by atoms with Crippen molar-refractivity contribution in [2.45, 2.75) is 30.1 Å². The maximum absolute atomic E-state index is 11.2. The first kappa shape index (κ1) is 9.29. The minimum absolute atomic E-state index is 0.311. The van der Waals surface area contributed by atoms with Crippen LogP contribution in [0.3, 0.4) is 0 Å². The number of carbonyl (C=O) groups excluding carboxylic acids is 1. The molecule has 1 aliphatic rings. The Morgan fingerprint density at radius 2 is 2.45 bits per heavy atom. The summed E-state index contributed by atoms with van der Waals surface area (Å²) in [5.74, 6) is 0.311. The van der Waals surface area contributed by atoms with Gasteiger partial charge in [0.1, 0.15) is 0 Å². The second-order valence-corrected chi connectivity index (χ2v) is 4.69. The topological polar surface area (TPSA) is 20.3 Å². The van der Waals surface area contributed by atoms with Crippen LogP contribution in [0.15, 0.2) is 0 Å². The van der Waals surface area contributed by atoms with Gasteiger partial charge in [0, 0.05) is 23.4 Å². The molecule has 0 bridgehead atoms. The molecule has 0 aromatic heterocycles. The molecule has 2 nitrogen and oxygen atoms in total. The van der Waals surface area contributed by atoms with Crippen LogP contribution in [0.25, 0.3) is 0 Å². The number of carbonyl (C=O) groups is 1. The summed E-state index contributed by atoms with van der Waals surface area (Å²) >= 11 is 2.43. The van der Waals surface area contributed by atoms with E-state index < -0.39 is 0 Å². The number of halogens is 1. The molecule has 1 unspecified atom stereocenters. The van der Waals surface area contributed by atoms with Gasteiger partial charge in [0.05, 0.1) is 0 Å². The van der Waals surface area contributed by atoms with Crippen molar-refractivity contribution < 1.29 is 4.79 Å². The molecule has 0 N–H and O–H groups in total. The van der Waals surface area contributed by atoms with Crippen molar-refractivity contribution in [3.63, 3.8) is 0 Å². The smallest absolute Gasteiger partial charge is 0.222 e. The predicted octanol–water partition coefficient (Wildman–Crippen LogP) is 1.82. The lowest BCUT2D eigenvalue weighted by Crippen LogP contribution is -2.39. The Morgan fingerprint density at radius 1 is 1.73 bits per heavy atom. The molecule has 0 saturated carbocycles. The van der Waals surface area contributed by atoms with Crippen LogP contribution in [0.2, 0.25) is 0 Å². The van der Waals surface area contributed by atoms with Crippen LogP contribution in [0, 0.1) is 0 Å². The van der Waals surface area contributed by atoms with E-state index in [-0.39, 0.29) is 0 Å². The quantitative estimate of drug-likeness (QED) is 0.524. The van der Waals surface area contributed by atoms with Crippen LogP contribution in [-0.4, -0.2) is 27.8 Å². The lowest BCUT2D eigenvalue weighted by atomic mass is 10.1. The van der Waals surface area contributed by atoms with Crippen LogP contribution in [-0.2, 0) is 4.79 Å². The number of likely N-dealkylation sites (tertiary alicyclic amines) is 1. The van der Waals surface area contributed by atoms with Gasteiger partial charge >= 0.3 is 0 Å². The molecule has 0 radical (unpaired) electrons. The molecule has 1 heterocycles. The number of alkyl halides is 1. The summed E-state index contributed by atoms with van der Waals surface area (Å²) in [6, 6.07) is 0. The molecule has 0 aromatic rings. The molecule has 0 aromatic carbocycles. The van der Waals surface area contributed by atoms with E-state index in [0.717, 1.165) is 13.1 Å². The third-order valence-corrected chi connectivity index (χ3v) is 3.04. The zero-order valence-electron chi connectivity index (χ0n) is 6.85. The van der Waals surface area contributed by atoms with Crippen molar-refractivity contribution in [1.29, 1.82) is 0 Å². The van der Waals surface area contributed by atoms with Gasteiger partial charge in [-0.3, -0.25) is 4.79 Å². The molecule has 11 heavy (non-hydrogen) atoms. The van der Waals surface area contributed by atoms with Gasteiger partial charge in [-0.2, -0.15) is 0 Å². The predicted molar refractivity (Wildman–Crippen MR) is 53.9 cm³/mol. The first-order chi connectivity index (χ1) is 5.24. The summed E-state index contributed by atoms with van der Waals surface area (Å²) in [5.41, 5.74) is 0. The van der Waals surface area contributed by atoms with E-state index >= 15 is 0 Å². The summed E-state index contributed by atoms with van der Waals surface area (Å²) in [4.78, 5) is 13.2. The highest BCUT2D eigenvalue weighted by Crippen LogP contribution is 2.17. The minimum atomic E-state index is 0.311. The fourth-order valence-electron chi connectivity index (χ4n) is 1.38. The van der Waals surface area contributed by atoms with Gasteiger partial charge < -0.3 is 4.90 Å². The molecule has 3 heteroatoms. The number of rotatable bonds is 1. The molecular weight excluding hydrogens is 253 g/mol. The molecule has 1 fully saturated rings. The Morgan fingerprint density at radius 3 is 3.00 bits per heavy atom. The average Bonchev–Trinajstić information content (AvgIpc) is 2.03. The van der Waals surface area contributed by atoms with Crippen LogP contribution in [0.4, 0.5) is 0 Å². The van der Waals surface area contributed by atoms with Gasteiger partial charge in [-0.25, -0.2) is 0 Å². The summed E-state index contributed by atoms with van der Waals surface area (Å²) in [6.45, 7) is 3.87. The average molecular weight is 267 g/mol. The van der Waals surface area contributed by atoms with Gasteiger partial charge in [-0.15, -0.1) is 0 Å². The SMILES string of the molecule is CCC(=O)N1CCCC(I)C1. The van der Waals surface area contributed by atoms with Crippen LogP contribution in [0.5, 0.6) is 0 Å². The maximum atomic E-state index is 11.2. The van der Waals surface area contributed by atoms with Crippen molar-refractivity contribution in [3.05, 3.63) is 0 Å². The second-order valence-electron chi connectivity index (χ2n) is 2.93. The first-order valence-electron chi connectivity index (χ1n) is 4.16. The molecule has 1 amide bonds. The Balaban J connectivity index is 2.39. The third kappa shape index (κ3) is 2.61. The monoisotopic (exact) mass is 267 g/mol. The van der Waals surface area contributed by atoms with Crippen molar-refractivity contribution in [3.8, 4) is 0 Å². The Bertz CT molecular complexity index is 149. The molecule has 0 spiro atoms. The number of hydrogen-bond acceptors (Lipinski definition) is 1. The van der Waals surface area contributed by atoms with Crippen molar-refractivity contribution in [2.24, 2.45) is 0 Å². The molecular formula is C8H14INO. The Labute approximate surface area is 81.5 Å². The number of nitrogens with zero attached hydrogens (tertiary/aromatic N) is 1. The van der Waals surface area contributed by atoms with Gasteiger partial charge in [0.25, 0.3) is 0 Å². The molecule has 1 rings (SSSR count). The lowest BCUT2D eigenvalue weighted by molar-refractivity contribution is -0.131. The standard InChI is InChI=1S/C8H14INO/c1-2-8(11)10-5-3-4-7(9)6-10/h7H,2-6H2,1H3. The zero-order valence-corrected chi connectivity index (χ0v) is 9.00. The molecule has 64 valence electrons. The molecule has 1 aliphatic heterocycles. The van der Waals surface area contributed by atoms with E-state index in [1.165, 1.54) is 12.8 Å². The second kappa shape index (κ2) is 4.28. The van der Waals surface area contributed by atoms with E-state index in [4.69, 9.17) is 0 Å². The van der Waals surface area contributed by atoms with Crippen LogP contribution in [0.1, 0.15) is 26.2 Å². The van der Waals surface area contributed by atoms with Crippen molar-refractivity contribution in [2.75, 3.05) is 13.1 Å². The summed E-state index contributed by atoms with van der Waals surface area (Å²) in [7, 11) is 0.